The lowest BCUT2D eigenvalue weighted by Crippen LogP contribution is -2.52. The van der Waals surface area contributed by atoms with Gasteiger partial charge >= 0.3 is 0 Å². The van der Waals surface area contributed by atoms with Crippen molar-refractivity contribution in [2.45, 2.75) is 58.7 Å². The van der Waals surface area contributed by atoms with E-state index in [9.17, 15) is 4.79 Å². The lowest BCUT2D eigenvalue weighted by molar-refractivity contribution is -0.144. The van der Waals surface area contributed by atoms with E-state index in [0.717, 1.165) is 58.7 Å². The van der Waals surface area contributed by atoms with Gasteiger partial charge in [-0.15, -0.1) is 0 Å². The van der Waals surface area contributed by atoms with Gasteiger partial charge in [0, 0.05) is 52.3 Å². The van der Waals surface area contributed by atoms with E-state index in [2.05, 4.69) is 23.3 Å². The third kappa shape index (κ3) is 3.34. The topological polar surface area (TPSA) is 50.6 Å². The van der Waals surface area contributed by atoms with Gasteiger partial charge in [0.25, 0.3) is 5.91 Å². The number of carbonyl (C=O) groups excluding carboxylic acids is 1. The Morgan fingerprint density at radius 1 is 1.20 bits per heavy atom. The highest BCUT2D eigenvalue weighted by Gasteiger charge is 2.35. The molecular weight excluding hydrogens is 316 g/mol. The molecule has 2 atom stereocenters. The van der Waals surface area contributed by atoms with Crippen LogP contribution in [0.1, 0.15) is 43.4 Å². The van der Waals surface area contributed by atoms with Crippen LogP contribution in [0.2, 0.25) is 0 Å². The maximum absolute atomic E-state index is 12.6. The van der Waals surface area contributed by atoms with E-state index in [-0.39, 0.29) is 12.0 Å². The minimum absolute atomic E-state index is 0.197. The molecule has 0 unspecified atom stereocenters. The molecule has 4 heterocycles. The predicted octanol–water partition coefficient (Wildman–Crippen LogP) is 1.60. The number of carbonyl (C=O) groups is 1. The van der Waals surface area contributed by atoms with Crippen LogP contribution in [-0.4, -0.2) is 64.1 Å². The standard InChI is InChI=1S/C19H30N4O2/c1-14-6-12-25-18(14)19(24)22-10-8-21(9-11-22)13-16-15(2)20-17-5-3-4-7-23(16)17/h14,18H,3-13H2,1-2H3/t14-,18-/m1/s1. The van der Waals surface area contributed by atoms with Crippen LogP contribution in [0.3, 0.4) is 0 Å². The summed E-state index contributed by atoms with van der Waals surface area (Å²) in [6.45, 7) is 10.5. The molecule has 1 aromatic rings. The molecule has 0 saturated carbocycles. The molecule has 25 heavy (non-hydrogen) atoms. The average Bonchev–Trinajstić information content (AvgIpc) is 3.19. The van der Waals surface area contributed by atoms with Gasteiger partial charge in [0.15, 0.2) is 0 Å². The molecule has 138 valence electrons. The van der Waals surface area contributed by atoms with E-state index in [1.807, 2.05) is 4.90 Å². The lowest BCUT2D eigenvalue weighted by Gasteiger charge is -2.36. The third-order valence-corrected chi connectivity index (χ3v) is 6.07. The molecule has 0 aliphatic carbocycles. The van der Waals surface area contributed by atoms with Crippen molar-refractivity contribution in [3.05, 3.63) is 17.2 Å². The predicted molar refractivity (Wildman–Crippen MR) is 95.3 cm³/mol. The molecule has 6 heteroatoms. The summed E-state index contributed by atoms with van der Waals surface area (Å²) in [6.07, 6.45) is 4.43. The molecule has 0 radical (unpaired) electrons. The highest BCUT2D eigenvalue weighted by molar-refractivity contribution is 5.81. The van der Waals surface area contributed by atoms with Crippen molar-refractivity contribution in [1.29, 1.82) is 0 Å². The van der Waals surface area contributed by atoms with Gasteiger partial charge < -0.3 is 14.2 Å². The number of amides is 1. The third-order valence-electron chi connectivity index (χ3n) is 6.07. The fourth-order valence-corrected chi connectivity index (χ4v) is 4.41. The monoisotopic (exact) mass is 346 g/mol. The zero-order valence-electron chi connectivity index (χ0n) is 15.5. The first-order valence-electron chi connectivity index (χ1n) is 9.81. The zero-order valence-corrected chi connectivity index (χ0v) is 15.5. The van der Waals surface area contributed by atoms with Gasteiger partial charge in [-0.25, -0.2) is 4.98 Å². The molecule has 0 aromatic carbocycles. The number of aromatic nitrogens is 2. The van der Waals surface area contributed by atoms with E-state index in [1.54, 1.807) is 0 Å². The Morgan fingerprint density at radius 3 is 2.72 bits per heavy atom. The fourth-order valence-electron chi connectivity index (χ4n) is 4.41. The molecule has 2 saturated heterocycles. The molecule has 1 amide bonds. The molecule has 3 aliphatic heterocycles. The molecule has 1 aromatic heterocycles. The van der Waals surface area contributed by atoms with Crippen LogP contribution in [0.5, 0.6) is 0 Å². The number of fused-ring (bicyclic) bond motifs is 1. The first kappa shape index (κ1) is 17.0. The van der Waals surface area contributed by atoms with Crippen LogP contribution in [0, 0.1) is 12.8 Å². The van der Waals surface area contributed by atoms with Gasteiger partial charge in [0.1, 0.15) is 11.9 Å². The number of hydrogen-bond acceptors (Lipinski definition) is 4. The van der Waals surface area contributed by atoms with Gasteiger partial charge in [0.2, 0.25) is 0 Å². The SMILES string of the molecule is Cc1nc2n(c1CN1CCN(C(=O)[C@@H]3OCC[C@H]3C)CC1)CCCC2. The Hall–Kier alpha value is -1.40. The second-order valence-corrected chi connectivity index (χ2v) is 7.83. The highest BCUT2D eigenvalue weighted by Crippen LogP contribution is 2.24. The summed E-state index contributed by atoms with van der Waals surface area (Å²) < 4.78 is 8.09. The summed E-state index contributed by atoms with van der Waals surface area (Å²) in [4.78, 5) is 21.9. The van der Waals surface area contributed by atoms with Crippen LogP contribution < -0.4 is 0 Å². The maximum Gasteiger partial charge on any atom is 0.252 e. The quantitative estimate of drug-likeness (QED) is 0.834. The molecule has 0 spiro atoms. The second kappa shape index (κ2) is 7.08. The summed E-state index contributed by atoms with van der Waals surface area (Å²) >= 11 is 0. The van der Waals surface area contributed by atoms with Crippen LogP contribution in [0.15, 0.2) is 0 Å². The number of hydrogen-bond donors (Lipinski definition) is 0. The summed E-state index contributed by atoms with van der Waals surface area (Å²) in [7, 11) is 0. The minimum Gasteiger partial charge on any atom is -0.368 e. The van der Waals surface area contributed by atoms with Crippen LogP contribution in [-0.2, 0) is 29.0 Å². The van der Waals surface area contributed by atoms with Crippen molar-refractivity contribution in [2.24, 2.45) is 5.92 Å². The van der Waals surface area contributed by atoms with Crippen molar-refractivity contribution in [2.75, 3.05) is 32.8 Å². The minimum atomic E-state index is -0.212. The Kier molecular flexibility index (Phi) is 4.82. The zero-order chi connectivity index (χ0) is 17.4. The van der Waals surface area contributed by atoms with Crippen molar-refractivity contribution >= 4 is 5.91 Å². The summed E-state index contributed by atoms with van der Waals surface area (Å²) in [6, 6.07) is 0. The first-order valence-corrected chi connectivity index (χ1v) is 9.81. The fraction of sp³-hybridized carbons (Fsp3) is 0.789. The Bertz CT molecular complexity index is 634. The molecule has 6 nitrogen and oxygen atoms in total. The molecule has 3 aliphatic rings. The lowest BCUT2D eigenvalue weighted by atomic mass is 10.0. The van der Waals surface area contributed by atoms with E-state index < -0.39 is 0 Å². The maximum atomic E-state index is 12.6. The second-order valence-electron chi connectivity index (χ2n) is 7.83. The number of piperazine rings is 1. The van der Waals surface area contributed by atoms with E-state index in [4.69, 9.17) is 9.72 Å². The first-order chi connectivity index (χ1) is 12.1. The smallest absolute Gasteiger partial charge is 0.252 e. The summed E-state index contributed by atoms with van der Waals surface area (Å²) in [5.41, 5.74) is 2.56. The Balaban J connectivity index is 1.35. The van der Waals surface area contributed by atoms with Crippen LogP contribution in [0.25, 0.3) is 0 Å². The molecule has 4 rings (SSSR count). The largest absolute Gasteiger partial charge is 0.368 e. The Morgan fingerprint density at radius 2 is 2.00 bits per heavy atom. The van der Waals surface area contributed by atoms with Crippen LogP contribution in [0.4, 0.5) is 0 Å². The van der Waals surface area contributed by atoms with Gasteiger partial charge in [-0.1, -0.05) is 6.92 Å². The van der Waals surface area contributed by atoms with Crippen LogP contribution >= 0.6 is 0 Å². The van der Waals surface area contributed by atoms with Crippen molar-refractivity contribution < 1.29 is 9.53 Å². The van der Waals surface area contributed by atoms with E-state index >= 15 is 0 Å². The summed E-state index contributed by atoms with van der Waals surface area (Å²) in [5.74, 6) is 1.81. The van der Waals surface area contributed by atoms with Gasteiger partial charge in [-0.2, -0.15) is 0 Å². The van der Waals surface area contributed by atoms with Crippen molar-refractivity contribution in [3.8, 4) is 0 Å². The number of nitrogens with zero attached hydrogens (tertiary/aromatic N) is 4. The molecule has 0 bridgehead atoms. The highest BCUT2D eigenvalue weighted by atomic mass is 16.5. The van der Waals surface area contributed by atoms with Gasteiger partial charge in [0.05, 0.1) is 11.4 Å². The molecular formula is C19H30N4O2. The Labute approximate surface area is 150 Å². The van der Waals surface area contributed by atoms with Crippen molar-refractivity contribution in [1.82, 2.24) is 19.4 Å². The normalized spacial score (nSPS) is 27.5. The van der Waals surface area contributed by atoms with E-state index in [0.29, 0.717) is 5.92 Å². The number of imidazole rings is 1. The summed E-state index contributed by atoms with van der Waals surface area (Å²) in [5, 5.41) is 0. The number of ether oxygens (including phenoxy) is 1. The van der Waals surface area contributed by atoms with Crippen molar-refractivity contribution in [3.63, 3.8) is 0 Å². The molecule has 0 N–H and O–H groups in total. The average molecular weight is 346 g/mol. The number of aryl methyl sites for hydroxylation is 2. The van der Waals surface area contributed by atoms with E-state index in [1.165, 1.54) is 30.1 Å². The number of rotatable bonds is 3. The molecule has 2 fully saturated rings. The van der Waals surface area contributed by atoms with Gasteiger partial charge in [-0.3, -0.25) is 9.69 Å². The van der Waals surface area contributed by atoms with Gasteiger partial charge in [-0.05, 0) is 32.1 Å².